The second-order valence-corrected chi connectivity index (χ2v) is 6.66. The molecule has 9 heteroatoms. The Balaban J connectivity index is 1.76. The van der Waals surface area contributed by atoms with Gasteiger partial charge >= 0.3 is 0 Å². The number of carbonyl (C=O) groups excluding carboxylic acids is 1. The molecule has 0 unspecified atom stereocenters. The Kier molecular flexibility index (Phi) is 6.05. The summed E-state index contributed by atoms with van der Waals surface area (Å²) in [5, 5.41) is 11.8. The zero-order valence-corrected chi connectivity index (χ0v) is 16.3. The standard InChI is InChI=1S/C19H18FN3O4S/c1-25-14-9-12(10-15(26-2)17(14)27-3)18-22-23-19(28-18)21-16(24)8-11-4-6-13(20)7-5-11/h4-7,9-10H,8H2,1-3H3,(H,21,23,24). The average Bonchev–Trinajstić information content (AvgIpc) is 3.16. The summed E-state index contributed by atoms with van der Waals surface area (Å²) >= 11 is 1.21. The highest BCUT2D eigenvalue weighted by Gasteiger charge is 2.17. The van der Waals surface area contributed by atoms with Gasteiger partial charge in [-0.15, -0.1) is 10.2 Å². The van der Waals surface area contributed by atoms with Crippen molar-refractivity contribution in [3.63, 3.8) is 0 Å². The van der Waals surface area contributed by atoms with E-state index in [-0.39, 0.29) is 18.1 Å². The van der Waals surface area contributed by atoms with Crippen LogP contribution in [0.4, 0.5) is 9.52 Å². The lowest BCUT2D eigenvalue weighted by Gasteiger charge is -2.13. The first-order chi connectivity index (χ1) is 13.5. The van der Waals surface area contributed by atoms with E-state index in [1.807, 2.05) is 0 Å². The predicted octanol–water partition coefficient (Wildman–Crippen LogP) is 3.55. The van der Waals surface area contributed by atoms with E-state index >= 15 is 0 Å². The third-order valence-corrected chi connectivity index (χ3v) is 4.75. The third-order valence-electron chi connectivity index (χ3n) is 3.86. The van der Waals surface area contributed by atoms with Gasteiger partial charge < -0.3 is 19.5 Å². The number of carbonyl (C=O) groups is 1. The Labute approximate surface area is 165 Å². The summed E-state index contributed by atoms with van der Waals surface area (Å²) in [5.74, 6) is 0.858. The minimum absolute atomic E-state index is 0.110. The largest absolute Gasteiger partial charge is 0.493 e. The lowest BCUT2D eigenvalue weighted by atomic mass is 10.1. The number of nitrogens with zero attached hydrogens (tertiary/aromatic N) is 2. The van der Waals surface area contributed by atoms with Crippen molar-refractivity contribution >= 4 is 22.4 Å². The SMILES string of the molecule is COc1cc(-c2nnc(NC(=O)Cc3ccc(F)cc3)s2)cc(OC)c1OC. The molecule has 1 aromatic heterocycles. The predicted molar refractivity (Wildman–Crippen MR) is 104 cm³/mol. The number of hydrogen-bond donors (Lipinski definition) is 1. The van der Waals surface area contributed by atoms with Gasteiger partial charge in [-0.25, -0.2) is 4.39 Å². The van der Waals surface area contributed by atoms with Crippen LogP contribution < -0.4 is 19.5 Å². The van der Waals surface area contributed by atoms with Gasteiger partial charge in [-0.05, 0) is 29.8 Å². The van der Waals surface area contributed by atoms with Crippen molar-refractivity contribution in [2.75, 3.05) is 26.6 Å². The maximum Gasteiger partial charge on any atom is 0.230 e. The number of methoxy groups -OCH3 is 3. The molecular formula is C19H18FN3O4S. The Hall–Kier alpha value is -3.20. The molecule has 0 aliphatic rings. The fourth-order valence-electron chi connectivity index (χ4n) is 2.55. The van der Waals surface area contributed by atoms with Crippen molar-refractivity contribution < 1.29 is 23.4 Å². The Morgan fingerprint density at radius 2 is 1.68 bits per heavy atom. The van der Waals surface area contributed by atoms with Crippen molar-refractivity contribution in [3.8, 4) is 27.8 Å². The first kappa shape index (κ1) is 19.6. The smallest absolute Gasteiger partial charge is 0.230 e. The van der Waals surface area contributed by atoms with Crippen molar-refractivity contribution in [1.82, 2.24) is 10.2 Å². The summed E-state index contributed by atoms with van der Waals surface area (Å²) in [7, 11) is 4.59. The van der Waals surface area contributed by atoms with E-state index in [0.717, 1.165) is 0 Å². The minimum atomic E-state index is -0.344. The van der Waals surface area contributed by atoms with Crippen molar-refractivity contribution in [3.05, 3.63) is 47.8 Å². The molecule has 28 heavy (non-hydrogen) atoms. The molecule has 0 saturated heterocycles. The van der Waals surface area contributed by atoms with Gasteiger partial charge in [0.05, 0.1) is 27.8 Å². The molecule has 7 nitrogen and oxygen atoms in total. The summed E-state index contributed by atoms with van der Waals surface area (Å²) < 4.78 is 28.9. The number of anilines is 1. The van der Waals surface area contributed by atoms with E-state index in [0.29, 0.717) is 38.5 Å². The first-order valence-electron chi connectivity index (χ1n) is 8.22. The second kappa shape index (κ2) is 8.66. The molecule has 3 aromatic rings. The van der Waals surface area contributed by atoms with Gasteiger partial charge in [0.2, 0.25) is 16.8 Å². The Morgan fingerprint density at radius 1 is 1.04 bits per heavy atom. The summed E-state index contributed by atoms with van der Waals surface area (Å²) in [6.45, 7) is 0. The molecule has 0 atom stereocenters. The van der Waals surface area contributed by atoms with E-state index in [1.165, 1.54) is 44.8 Å². The number of hydrogen-bond acceptors (Lipinski definition) is 7. The van der Waals surface area contributed by atoms with Crippen LogP contribution in [0.2, 0.25) is 0 Å². The average molecular weight is 403 g/mol. The van der Waals surface area contributed by atoms with Gasteiger partial charge in [0, 0.05) is 5.56 Å². The molecule has 1 N–H and O–H groups in total. The van der Waals surface area contributed by atoms with Gasteiger partial charge in [0.25, 0.3) is 0 Å². The highest BCUT2D eigenvalue weighted by molar-refractivity contribution is 7.18. The van der Waals surface area contributed by atoms with Crippen LogP contribution in [0.15, 0.2) is 36.4 Å². The van der Waals surface area contributed by atoms with Crippen LogP contribution in [0.25, 0.3) is 10.6 Å². The number of halogens is 1. The van der Waals surface area contributed by atoms with Crippen LogP contribution in [-0.2, 0) is 11.2 Å². The summed E-state index contributed by atoms with van der Waals surface area (Å²) in [5.41, 5.74) is 1.42. The zero-order chi connectivity index (χ0) is 20.1. The molecule has 1 amide bonds. The maximum atomic E-state index is 12.9. The minimum Gasteiger partial charge on any atom is -0.493 e. The second-order valence-electron chi connectivity index (χ2n) is 5.68. The molecule has 0 aliphatic heterocycles. The molecule has 2 aromatic carbocycles. The lowest BCUT2D eigenvalue weighted by molar-refractivity contribution is -0.115. The van der Waals surface area contributed by atoms with Crippen LogP contribution in [0.5, 0.6) is 17.2 Å². The molecule has 0 bridgehead atoms. The molecular weight excluding hydrogens is 385 g/mol. The number of aromatic nitrogens is 2. The molecule has 146 valence electrons. The van der Waals surface area contributed by atoms with Crippen LogP contribution in [-0.4, -0.2) is 37.4 Å². The van der Waals surface area contributed by atoms with Gasteiger partial charge in [0.1, 0.15) is 10.8 Å². The number of amides is 1. The van der Waals surface area contributed by atoms with E-state index < -0.39 is 0 Å². The van der Waals surface area contributed by atoms with Gasteiger partial charge in [-0.2, -0.15) is 0 Å². The number of nitrogens with one attached hydrogen (secondary N) is 1. The summed E-state index contributed by atoms with van der Waals surface area (Å²) in [6.07, 6.45) is 0.110. The quantitative estimate of drug-likeness (QED) is 0.650. The number of benzene rings is 2. The van der Waals surface area contributed by atoms with E-state index in [2.05, 4.69) is 15.5 Å². The first-order valence-corrected chi connectivity index (χ1v) is 9.04. The Morgan fingerprint density at radius 3 is 2.25 bits per heavy atom. The van der Waals surface area contributed by atoms with Gasteiger partial charge in [0.15, 0.2) is 11.5 Å². The third kappa shape index (κ3) is 4.37. The fraction of sp³-hybridized carbons (Fsp3) is 0.211. The van der Waals surface area contributed by atoms with Crippen molar-refractivity contribution in [2.24, 2.45) is 0 Å². The van der Waals surface area contributed by atoms with Crippen molar-refractivity contribution in [2.45, 2.75) is 6.42 Å². The van der Waals surface area contributed by atoms with Crippen LogP contribution in [0, 0.1) is 5.82 Å². The highest BCUT2D eigenvalue weighted by Crippen LogP contribution is 2.42. The molecule has 1 heterocycles. The van der Waals surface area contributed by atoms with E-state index in [4.69, 9.17) is 14.2 Å². The topological polar surface area (TPSA) is 82.6 Å². The number of ether oxygens (including phenoxy) is 3. The fourth-order valence-corrected chi connectivity index (χ4v) is 3.29. The summed E-state index contributed by atoms with van der Waals surface area (Å²) in [6, 6.07) is 9.27. The van der Waals surface area contributed by atoms with Crippen molar-refractivity contribution in [1.29, 1.82) is 0 Å². The molecule has 0 spiro atoms. The van der Waals surface area contributed by atoms with E-state index in [9.17, 15) is 9.18 Å². The molecule has 0 fully saturated rings. The van der Waals surface area contributed by atoms with Crippen LogP contribution in [0.3, 0.4) is 0 Å². The molecule has 0 radical (unpaired) electrons. The zero-order valence-electron chi connectivity index (χ0n) is 15.5. The normalized spacial score (nSPS) is 10.4. The van der Waals surface area contributed by atoms with Crippen LogP contribution in [0.1, 0.15) is 5.56 Å². The van der Waals surface area contributed by atoms with Gasteiger partial charge in [-0.3, -0.25) is 4.79 Å². The molecule has 0 aliphatic carbocycles. The lowest BCUT2D eigenvalue weighted by Crippen LogP contribution is -2.14. The summed E-state index contributed by atoms with van der Waals surface area (Å²) in [4.78, 5) is 12.2. The molecule has 3 rings (SSSR count). The molecule has 0 saturated carbocycles. The van der Waals surface area contributed by atoms with Gasteiger partial charge in [-0.1, -0.05) is 23.5 Å². The highest BCUT2D eigenvalue weighted by atomic mass is 32.1. The Bertz CT molecular complexity index is 951. The van der Waals surface area contributed by atoms with E-state index in [1.54, 1.807) is 24.3 Å². The maximum absolute atomic E-state index is 12.9. The monoisotopic (exact) mass is 403 g/mol. The number of rotatable bonds is 7. The van der Waals surface area contributed by atoms with Crippen LogP contribution >= 0.6 is 11.3 Å².